The zero-order valence-corrected chi connectivity index (χ0v) is 15.2. The molecule has 9 heteroatoms. The molecule has 0 spiro atoms. The average molecular weight is 402 g/mol. The molecular weight excluding hydrogens is 383 g/mol. The van der Waals surface area contributed by atoms with E-state index >= 15 is 0 Å². The molecule has 3 rings (SSSR count). The molecule has 0 aliphatic carbocycles. The maximum atomic E-state index is 12.7. The lowest BCUT2D eigenvalue weighted by molar-refractivity contribution is -0.137. The highest BCUT2D eigenvalue weighted by atomic mass is 35.5. The Hall–Kier alpha value is -2.22. The Labute approximate surface area is 159 Å². The second-order valence-electron chi connectivity index (χ2n) is 6.41. The first-order valence-corrected chi connectivity index (χ1v) is 9.00. The van der Waals surface area contributed by atoms with E-state index < -0.39 is 11.7 Å². The molecule has 1 aliphatic heterocycles. The molecule has 1 N–H and O–H groups in total. The molecule has 3 heterocycles. The van der Waals surface area contributed by atoms with E-state index in [2.05, 4.69) is 10.3 Å². The summed E-state index contributed by atoms with van der Waals surface area (Å²) in [5.41, 5.74) is -0.873. The van der Waals surface area contributed by atoms with Crippen LogP contribution in [0.1, 0.15) is 24.2 Å². The van der Waals surface area contributed by atoms with Crippen LogP contribution in [0, 0.1) is 5.92 Å². The molecular formula is C18H19ClF3N3O2. The van der Waals surface area contributed by atoms with Crippen LogP contribution in [0.4, 0.5) is 19.0 Å². The van der Waals surface area contributed by atoms with Crippen molar-refractivity contribution >= 4 is 23.3 Å². The number of furan rings is 1. The number of pyridine rings is 1. The Bertz CT molecular complexity index is 773. The number of nitrogens with one attached hydrogen (secondary N) is 1. The minimum atomic E-state index is -4.48. The van der Waals surface area contributed by atoms with Gasteiger partial charge in [-0.2, -0.15) is 13.2 Å². The number of alkyl halides is 3. The fourth-order valence-corrected chi connectivity index (χ4v) is 3.37. The second-order valence-corrected chi connectivity index (χ2v) is 6.82. The number of hydrogen-bond donors (Lipinski definition) is 1. The topological polar surface area (TPSA) is 58.4 Å². The number of amides is 1. The molecule has 2 aromatic heterocycles. The van der Waals surface area contributed by atoms with Gasteiger partial charge in [0.25, 0.3) is 0 Å². The second kappa shape index (κ2) is 8.21. The van der Waals surface area contributed by atoms with Crippen molar-refractivity contribution in [1.29, 1.82) is 0 Å². The summed E-state index contributed by atoms with van der Waals surface area (Å²) < 4.78 is 43.3. The first-order valence-electron chi connectivity index (χ1n) is 8.62. The third-order valence-electron chi connectivity index (χ3n) is 4.57. The smallest absolute Gasteiger partial charge is 0.417 e. The number of piperidine rings is 1. The summed E-state index contributed by atoms with van der Waals surface area (Å²) in [6.07, 6.45) is -0.294. The average Bonchev–Trinajstić information content (AvgIpc) is 3.14. The van der Waals surface area contributed by atoms with Gasteiger partial charge in [0.1, 0.15) is 11.6 Å². The van der Waals surface area contributed by atoms with E-state index in [0.29, 0.717) is 44.7 Å². The zero-order valence-electron chi connectivity index (χ0n) is 14.4. The molecule has 0 saturated carbocycles. The molecule has 5 nitrogen and oxygen atoms in total. The Morgan fingerprint density at radius 3 is 2.70 bits per heavy atom. The van der Waals surface area contributed by atoms with Gasteiger partial charge in [-0.25, -0.2) is 4.98 Å². The van der Waals surface area contributed by atoms with Gasteiger partial charge in [0.2, 0.25) is 5.91 Å². The molecule has 1 saturated heterocycles. The molecule has 0 aromatic carbocycles. The van der Waals surface area contributed by atoms with E-state index in [0.717, 1.165) is 18.0 Å². The Kier molecular flexibility index (Phi) is 5.94. The minimum absolute atomic E-state index is 0.0207. The number of rotatable bonds is 5. The number of hydrogen-bond acceptors (Lipinski definition) is 4. The summed E-state index contributed by atoms with van der Waals surface area (Å²) in [4.78, 5) is 18.0. The molecule has 0 unspecified atom stereocenters. The largest absolute Gasteiger partial charge is 0.469 e. The zero-order chi connectivity index (χ0) is 19.4. The van der Waals surface area contributed by atoms with Crippen molar-refractivity contribution in [2.45, 2.75) is 25.4 Å². The van der Waals surface area contributed by atoms with E-state index in [1.165, 1.54) is 0 Å². The molecule has 0 atom stereocenters. The number of aromatic nitrogens is 1. The summed E-state index contributed by atoms with van der Waals surface area (Å²) in [6.45, 7) is 1.52. The van der Waals surface area contributed by atoms with Crippen LogP contribution in [-0.2, 0) is 17.4 Å². The molecule has 27 heavy (non-hydrogen) atoms. The van der Waals surface area contributed by atoms with Gasteiger partial charge in [0.15, 0.2) is 0 Å². The molecule has 1 aliphatic rings. The van der Waals surface area contributed by atoms with E-state index in [4.69, 9.17) is 16.0 Å². The van der Waals surface area contributed by atoms with Crippen LogP contribution < -0.4 is 10.2 Å². The molecule has 0 radical (unpaired) electrons. The highest BCUT2D eigenvalue weighted by Gasteiger charge is 2.33. The number of nitrogens with zero attached hydrogens (tertiary/aromatic N) is 2. The van der Waals surface area contributed by atoms with E-state index in [1.54, 1.807) is 12.3 Å². The lowest BCUT2D eigenvalue weighted by Gasteiger charge is -2.32. The number of halogens is 4. The van der Waals surface area contributed by atoms with Gasteiger partial charge < -0.3 is 14.6 Å². The van der Waals surface area contributed by atoms with Crippen LogP contribution in [0.5, 0.6) is 0 Å². The molecule has 146 valence electrons. The summed E-state index contributed by atoms with van der Waals surface area (Å²) in [6, 6.07) is 4.54. The lowest BCUT2D eigenvalue weighted by atomic mass is 9.96. The minimum Gasteiger partial charge on any atom is -0.469 e. The van der Waals surface area contributed by atoms with Crippen LogP contribution in [0.25, 0.3) is 0 Å². The first-order chi connectivity index (χ1) is 12.8. The predicted molar refractivity (Wildman–Crippen MR) is 94.6 cm³/mol. The van der Waals surface area contributed by atoms with Gasteiger partial charge in [-0.15, -0.1) is 0 Å². The van der Waals surface area contributed by atoms with Gasteiger partial charge in [-0.3, -0.25) is 4.79 Å². The highest BCUT2D eigenvalue weighted by molar-refractivity contribution is 6.33. The van der Waals surface area contributed by atoms with Crippen molar-refractivity contribution in [2.24, 2.45) is 5.92 Å². The number of carbonyl (C=O) groups excluding carboxylic acids is 1. The van der Waals surface area contributed by atoms with Crippen molar-refractivity contribution in [3.63, 3.8) is 0 Å². The van der Waals surface area contributed by atoms with Crippen molar-refractivity contribution in [3.8, 4) is 0 Å². The van der Waals surface area contributed by atoms with Crippen LogP contribution >= 0.6 is 11.6 Å². The van der Waals surface area contributed by atoms with Crippen molar-refractivity contribution in [2.75, 3.05) is 24.5 Å². The van der Waals surface area contributed by atoms with Crippen LogP contribution in [0.3, 0.4) is 0 Å². The summed E-state index contributed by atoms with van der Waals surface area (Å²) in [7, 11) is 0. The Morgan fingerprint density at radius 1 is 1.37 bits per heavy atom. The molecule has 1 amide bonds. The Morgan fingerprint density at radius 2 is 2.11 bits per heavy atom. The molecule has 1 fully saturated rings. The van der Waals surface area contributed by atoms with Crippen LogP contribution in [0.2, 0.25) is 5.02 Å². The number of anilines is 1. The van der Waals surface area contributed by atoms with E-state index in [1.807, 2.05) is 11.0 Å². The third kappa shape index (κ3) is 4.94. The summed E-state index contributed by atoms with van der Waals surface area (Å²) >= 11 is 5.99. The van der Waals surface area contributed by atoms with Crippen molar-refractivity contribution in [3.05, 3.63) is 47.0 Å². The maximum absolute atomic E-state index is 12.7. The SMILES string of the molecule is O=C(NCCc1ccco1)C1CCN(c2ncc(C(F)(F)F)cc2Cl)CC1. The quantitative estimate of drug-likeness (QED) is 0.825. The van der Waals surface area contributed by atoms with E-state index in [9.17, 15) is 18.0 Å². The fourth-order valence-electron chi connectivity index (χ4n) is 3.08. The first kappa shape index (κ1) is 19.5. The monoisotopic (exact) mass is 401 g/mol. The molecule has 2 aromatic rings. The number of carbonyl (C=O) groups is 1. The predicted octanol–water partition coefficient (Wildman–Crippen LogP) is 3.92. The van der Waals surface area contributed by atoms with Gasteiger partial charge in [0.05, 0.1) is 16.8 Å². The van der Waals surface area contributed by atoms with Crippen LogP contribution in [-0.4, -0.2) is 30.5 Å². The fraction of sp³-hybridized carbons (Fsp3) is 0.444. The summed E-state index contributed by atoms with van der Waals surface area (Å²) in [5.74, 6) is 0.980. The summed E-state index contributed by atoms with van der Waals surface area (Å²) in [5, 5.41) is 2.86. The van der Waals surface area contributed by atoms with E-state index in [-0.39, 0.29) is 16.8 Å². The van der Waals surface area contributed by atoms with Crippen molar-refractivity contribution < 1.29 is 22.4 Å². The van der Waals surface area contributed by atoms with Gasteiger partial charge in [0, 0.05) is 38.2 Å². The normalized spacial score (nSPS) is 15.8. The standard InChI is InChI=1S/C18H19ClF3N3O2/c19-15-10-13(18(20,21)22)11-24-16(15)25-7-4-12(5-8-25)17(26)23-6-3-14-2-1-9-27-14/h1-2,9-12H,3-8H2,(H,23,26). The highest BCUT2D eigenvalue weighted by Crippen LogP contribution is 2.34. The van der Waals surface area contributed by atoms with Gasteiger partial charge in [-0.1, -0.05) is 11.6 Å². The van der Waals surface area contributed by atoms with Crippen LogP contribution in [0.15, 0.2) is 35.1 Å². The Balaban J connectivity index is 1.50. The third-order valence-corrected chi connectivity index (χ3v) is 4.84. The van der Waals surface area contributed by atoms with Crippen molar-refractivity contribution in [1.82, 2.24) is 10.3 Å². The maximum Gasteiger partial charge on any atom is 0.417 e. The lowest BCUT2D eigenvalue weighted by Crippen LogP contribution is -2.41. The van der Waals surface area contributed by atoms with Gasteiger partial charge >= 0.3 is 6.18 Å². The molecule has 0 bridgehead atoms. The van der Waals surface area contributed by atoms with Gasteiger partial charge in [-0.05, 0) is 31.0 Å².